The second kappa shape index (κ2) is 7.13. The number of nitrogens with two attached hydrogens (primary N) is 1. The Morgan fingerprint density at radius 3 is 2.74 bits per heavy atom. The highest BCUT2D eigenvalue weighted by molar-refractivity contribution is 5.92. The highest BCUT2D eigenvalue weighted by Gasteiger charge is 2.31. The molecule has 5 nitrogen and oxygen atoms in total. The number of benzene rings is 1. The summed E-state index contributed by atoms with van der Waals surface area (Å²) in [7, 11) is 0. The summed E-state index contributed by atoms with van der Waals surface area (Å²) in [6.07, 6.45) is 3.61. The number of carbonyl (C=O) groups is 2. The van der Waals surface area contributed by atoms with E-state index in [0.717, 1.165) is 44.3 Å². The van der Waals surface area contributed by atoms with Crippen LogP contribution in [0.3, 0.4) is 0 Å². The van der Waals surface area contributed by atoms with Crippen LogP contribution in [0.5, 0.6) is 0 Å². The van der Waals surface area contributed by atoms with Gasteiger partial charge in [-0.2, -0.15) is 0 Å². The molecule has 1 atom stereocenters. The molecular formula is C18H24N2O3. The van der Waals surface area contributed by atoms with E-state index >= 15 is 0 Å². The second-order valence-electron chi connectivity index (χ2n) is 6.59. The lowest BCUT2D eigenvalue weighted by Crippen LogP contribution is -2.37. The molecule has 3 rings (SSSR count). The number of primary amides is 1. The summed E-state index contributed by atoms with van der Waals surface area (Å²) in [5, 5.41) is 0. The minimum absolute atomic E-state index is 0.140. The van der Waals surface area contributed by atoms with Gasteiger partial charge in [-0.1, -0.05) is 12.1 Å². The normalized spacial score (nSPS) is 22.3. The molecule has 2 fully saturated rings. The van der Waals surface area contributed by atoms with E-state index in [1.54, 1.807) is 6.07 Å². The quantitative estimate of drug-likeness (QED) is 0.917. The highest BCUT2D eigenvalue weighted by Crippen LogP contribution is 2.25. The van der Waals surface area contributed by atoms with Crippen molar-refractivity contribution in [2.45, 2.75) is 25.7 Å². The monoisotopic (exact) mass is 316 g/mol. The predicted molar refractivity (Wildman–Crippen MR) is 86.9 cm³/mol. The van der Waals surface area contributed by atoms with Gasteiger partial charge in [-0.25, -0.2) is 0 Å². The summed E-state index contributed by atoms with van der Waals surface area (Å²) in [6, 6.07) is 7.50. The van der Waals surface area contributed by atoms with Gasteiger partial charge in [-0.15, -0.1) is 0 Å². The third-order valence-corrected chi connectivity index (χ3v) is 4.90. The van der Waals surface area contributed by atoms with Gasteiger partial charge < -0.3 is 15.4 Å². The van der Waals surface area contributed by atoms with Crippen molar-refractivity contribution in [2.24, 2.45) is 17.6 Å². The molecule has 2 N–H and O–H groups in total. The lowest BCUT2D eigenvalue weighted by atomic mass is 9.97. The van der Waals surface area contributed by atoms with Crippen LogP contribution in [0.4, 0.5) is 0 Å². The summed E-state index contributed by atoms with van der Waals surface area (Å²) in [5.74, 6) is 0.499. The van der Waals surface area contributed by atoms with Gasteiger partial charge in [-0.05, 0) is 49.3 Å². The molecule has 2 amide bonds. The Morgan fingerprint density at radius 1 is 1.22 bits per heavy atom. The first-order chi connectivity index (χ1) is 11.1. The smallest absolute Gasteiger partial charge is 0.248 e. The third-order valence-electron chi connectivity index (χ3n) is 4.90. The molecule has 2 aliphatic rings. The Labute approximate surface area is 136 Å². The first kappa shape index (κ1) is 16.0. The Morgan fingerprint density at radius 2 is 2.00 bits per heavy atom. The van der Waals surface area contributed by atoms with Crippen LogP contribution in [0.1, 0.15) is 35.2 Å². The molecule has 0 aromatic heterocycles. The van der Waals surface area contributed by atoms with Gasteiger partial charge in [0.25, 0.3) is 0 Å². The van der Waals surface area contributed by atoms with Crippen LogP contribution in [0, 0.1) is 11.8 Å². The Balaban J connectivity index is 1.56. The number of carbonyl (C=O) groups excluding carboxylic acids is 2. The molecule has 2 saturated heterocycles. The van der Waals surface area contributed by atoms with E-state index in [-0.39, 0.29) is 5.92 Å². The Bertz CT molecular complexity index is 581. The number of likely N-dealkylation sites (tertiary alicyclic amines) is 1. The van der Waals surface area contributed by atoms with Gasteiger partial charge >= 0.3 is 0 Å². The van der Waals surface area contributed by atoms with Crippen LogP contribution >= 0.6 is 0 Å². The molecule has 5 heteroatoms. The van der Waals surface area contributed by atoms with Crippen molar-refractivity contribution in [3.63, 3.8) is 0 Å². The van der Waals surface area contributed by atoms with Gasteiger partial charge in [-0.3, -0.25) is 9.59 Å². The number of ether oxygens (including phenoxy) is 1. The van der Waals surface area contributed by atoms with E-state index in [1.165, 1.54) is 0 Å². The van der Waals surface area contributed by atoms with E-state index in [1.807, 2.05) is 23.1 Å². The molecule has 2 heterocycles. The topological polar surface area (TPSA) is 72.6 Å². The number of hydrogen-bond acceptors (Lipinski definition) is 3. The molecular weight excluding hydrogens is 292 g/mol. The van der Waals surface area contributed by atoms with Crippen molar-refractivity contribution >= 4 is 11.8 Å². The highest BCUT2D eigenvalue weighted by atomic mass is 16.5. The van der Waals surface area contributed by atoms with Crippen molar-refractivity contribution in [3.8, 4) is 0 Å². The molecule has 0 spiro atoms. The summed E-state index contributed by atoms with van der Waals surface area (Å²) in [4.78, 5) is 25.8. The van der Waals surface area contributed by atoms with Gasteiger partial charge in [0.15, 0.2) is 0 Å². The standard InChI is InChI=1S/C18H24N2O3/c19-17(21)16-3-1-2-13(11-16)10-14-4-7-20(12-14)18(22)15-5-8-23-9-6-15/h1-3,11,14-15H,4-10,12H2,(H2,19,21)/t14-/m0/s1. The molecule has 1 aromatic rings. The zero-order valence-electron chi connectivity index (χ0n) is 13.4. The van der Waals surface area contributed by atoms with Crippen molar-refractivity contribution in [1.82, 2.24) is 4.90 Å². The second-order valence-corrected chi connectivity index (χ2v) is 6.59. The maximum Gasteiger partial charge on any atom is 0.248 e. The Kier molecular flexibility index (Phi) is 4.96. The molecule has 1 aromatic carbocycles. The average Bonchev–Trinajstić information content (AvgIpc) is 3.03. The minimum Gasteiger partial charge on any atom is -0.381 e. The first-order valence-electron chi connectivity index (χ1n) is 8.39. The lowest BCUT2D eigenvalue weighted by molar-refractivity contribution is -0.137. The van der Waals surface area contributed by atoms with Crippen molar-refractivity contribution in [2.75, 3.05) is 26.3 Å². The number of rotatable bonds is 4. The van der Waals surface area contributed by atoms with Gasteiger partial charge in [0.2, 0.25) is 11.8 Å². The van der Waals surface area contributed by atoms with E-state index in [0.29, 0.717) is 30.6 Å². The summed E-state index contributed by atoms with van der Waals surface area (Å²) < 4.78 is 5.33. The largest absolute Gasteiger partial charge is 0.381 e. The van der Waals surface area contributed by atoms with Crippen LogP contribution in [0.15, 0.2) is 24.3 Å². The maximum atomic E-state index is 12.6. The molecule has 0 radical (unpaired) electrons. The number of nitrogens with zero attached hydrogens (tertiary/aromatic N) is 1. The molecule has 0 bridgehead atoms. The SMILES string of the molecule is NC(=O)c1cccc(C[C@@H]2CCN(C(=O)C3CCOCC3)C2)c1. The van der Waals surface area contributed by atoms with Gasteiger partial charge in [0, 0.05) is 37.8 Å². The first-order valence-corrected chi connectivity index (χ1v) is 8.39. The Hall–Kier alpha value is -1.88. The van der Waals surface area contributed by atoms with Crippen LogP contribution < -0.4 is 5.73 Å². The number of hydrogen-bond donors (Lipinski definition) is 1. The predicted octanol–water partition coefficient (Wildman–Crippen LogP) is 1.60. The van der Waals surface area contributed by atoms with Crippen molar-refractivity contribution < 1.29 is 14.3 Å². The van der Waals surface area contributed by atoms with Crippen molar-refractivity contribution in [1.29, 1.82) is 0 Å². The van der Waals surface area contributed by atoms with Gasteiger partial charge in [0.1, 0.15) is 0 Å². The summed E-state index contributed by atoms with van der Waals surface area (Å²) in [6.45, 7) is 3.06. The van der Waals surface area contributed by atoms with Crippen molar-refractivity contribution in [3.05, 3.63) is 35.4 Å². The third kappa shape index (κ3) is 3.91. The van der Waals surface area contributed by atoms with Gasteiger partial charge in [0.05, 0.1) is 0 Å². The fraction of sp³-hybridized carbons (Fsp3) is 0.556. The summed E-state index contributed by atoms with van der Waals surface area (Å²) >= 11 is 0. The molecule has 0 saturated carbocycles. The van der Waals surface area contributed by atoms with E-state index < -0.39 is 5.91 Å². The fourth-order valence-electron chi connectivity index (χ4n) is 3.59. The maximum absolute atomic E-state index is 12.6. The lowest BCUT2D eigenvalue weighted by Gasteiger charge is -2.26. The zero-order valence-corrected chi connectivity index (χ0v) is 13.4. The van der Waals surface area contributed by atoms with Crippen LogP contribution in [0.25, 0.3) is 0 Å². The van der Waals surface area contributed by atoms with E-state index in [9.17, 15) is 9.59 Å². The summed E-state index contributed by atoms with van der Waals surface area (Å²) in [5.41, 5.74) is 7.00. The molecule has 23 heavy (non-hydrogen) atoms. The molecule has 0 unspecified atom stereocenters. The molecule has 2 aliphatic heterocycles. The fourth-order valence-corrected chi connectivity index (χ4v) is 3.59. The minimum atomic E-state index is -0.394. The molecule has 124 valence electrons. The zero-order chi connectivity index (χ0) is 16.2. The van der Waals surface area contributed by atoms with E-state index in [2.05, 4.69) is 0 Å². The van der Waals surface area contributed by atoms with Crippen LogP contribution in [-0.2, 0) is 16.0 Å². The molecule has 0 aliphatic carbocycles. The average molecular weight is 316 g/mol. The van der Waals surface area contributed by atoms with Crippen LogP contribution in [-0.4, -0.2) is 43.0 Å². The number of amides is 2. The van der Waals surface area contributed by atoms with E-state index in [4.69, 9.17) is 10.5 Å². The van der Waals surface area contributed by atoms with Crippen LogP contribution in [0.2, 0.25) is 0 Å².